The van der Waals surface area contributed by atoms with Gasteiger partial charge < -0.3 is 4.74 Å². The molecule has 0 saturated carbocycles. The van der Waals surface area contributed by atoms with Crippen LogP contribution in [0.5, 0.6) is 5.75 Å². The molecule has 1 nitrogen and oxygen atoms in total. The number of rotatable bonds is 3. The molecule has 0 aromatic heterocycles. The van der Waals surface area contributed by atoms with Gasteiger partial charge in [0.2, 0.25) is 0 Å². The van der Waals surface area contributed by atoms with Crippen molar-refractivity contribution in [1.82, 2.24) is 0 Å². The molecule has 88 valence electrons. The van der Waals surface area contributed by atoms with E-state index in [0.29, 0.717) is 0 Å². The Balaban J connectivity index is 2.15. The van der Waals surface area contributed by atoms with E-state index in [4.69, 9.17) is 27.9 Å². The number of halogens is 3. The van der Waals surface area contributed by atoms with E-state index in [1.54, 1.807) is 0 Å². The smallest absolute Gasteiger partial charge is 0.174 e. The van der Waals surface area contributed by atoms with Crippen molar-refractivity contribution >= 4 is 23.2 Å². The van der Waals surface area contributed by atoms with Gasteiger partial charge in [-0.2, -0.15) is 0 Å². The molecule has 2 aromatic rings. The van der Waals surface area contributed by atoms with Crippen LogP contribution in [0.1, 0.15) is 5.56 Å². The second kappa shape index (κ2) is 5.39. The van der Waals surface area contributed by atoms with Crippen molar-refractivity contribution in [3.05, 3.63) is 63.9 Å². The summed E-state index contributed by atoms with van der Waals surface area (Å²) < 4.78 is 18.9. The van der Waals surface area contributed by atoms with Gasteiger partial charge in [0.1, 0.15) is 6.61 Å². The normalized spacial score (nSPS) is 10.3. The first-order valence-electron chi connectivity index (χ1n) is 4.98. The van der Waals surface area contributed by atoms with E-state index >= 15 is 0 Å². The minimum Gasteiger partial charge on any atom is -0.484 e. The van der Waals surface area contributed by atoms with Gasteiger partial charge in [-0.05, 0) is 17.7 Å². The van der Waals surface area contributed by atoms with Crippen LogP contribution < -0.4 is 4.74 Å². The van der Waals surface area contributed by atoms with Gasteiger partial charge in [-0.15, -0.1) is 0 Å². The zero-order valence-corrected chi connectivity index (χ0v) is 10.3. The molecule has 0 spiro atoms. The van der Waals surface area contributed by atoms with Crippen LogP contribution in [-0.2, 0) is 6.61 Å². The highest BCUT2D eigenvalue weighted by Crippen LogP contribution is 2.31. The average Bonchev–Trinajstić information content (AvgIpc) is 2.29. The van der Waals surface area contributed by atoms with E-state index in [0.717, 1.165) is 5.56 Å². The fourth-order valence-electron chi connectivity index (χ4n) is 1.40. The van der Waals surface area contributed by atoms with E-state index in [9.17, 15) is 4.39 Å². The van der Waals surface area contributed by atoms with Gasteiger partial charge in [0.05, 0.1) is 5.02 Å². The third kappa shape index (κ3) is 3.11. The van der Waals surface area contributed by atoms with Crippen LogP contribution in [0.3, 0.4) is 0 Å². The first-order valence-corrected chi connectivity index (χ1v) is 5.73. The molecular weight excluding hydrogens is 262 g/mol. The van der Waals surface area contributed by atoms with Gasteiger partial charge in [0.25, 0.3) is 0 Å². The molecule has 0 aliphatic rings. The lowest BCUT2D eigenvalue weighted by Crippen LogP contribution is -1.98. The monoisotopic (exact) mass is 270 g/mol. The van der Waals surface area contributed by atoms with E-state index in [2.05, 4.69) is 0 Å². The Morgan fingerprint density at radius 3 is 2.41 bits per heavy atom. The van der Waals surface area contributed by atoms with E-state index in [1.165, 1.54) is 12.1 Å². The quantitative estimate of drug-likeness (QED) is 0.785. The van der Waals surface area contributed by atoms with Gasteiger partial charge in [-0.25, -0.2) is 4.39 Å². The summed E-state index contributed by atoms with van der Waals surface area (Å²) in [6.45, 7) is 0.263. The summed E-state index contributed by atoms with van der Waals surface area (Å²) in [5.41, 5.74) is 0.943. The van der Waals surface area contributed by atoms with Crippen molar-refractivity contribution < 1.29 is 9.13 Å². The van der Waals surface area contributed by atoms with Crippen molar-refractivity contribution in [2.45, 2.75) is 6.61 Å². The lowest BCUT2D eigenvalue weighted by atomic mass is 10.2. The summed E-state index contributed by atoms with van der Waals surface area (Å²) in [6, 6.07) is 12.1. The molecule has 0 N–H and O–H groups in total. The minimum atomic E-state index is -0.557. The predicted octanol–water partition coefficient (Wildman–Crippen LogP) is 4.71. The largest absolute Gasteiger partial charge is 0.484 e. The summed E-state index contributed by atoms with van der Waals surface area (Å²) >= 11 is 11.5. The molecule has 0 unspecified atom stereocenters. The molecule has 4 heteroatoms. The first kappa shape index (κ1) is 12.2. The molecule has 0 aliphatic carbocycles. The van der Waals surface area contributed by atoms with E-state index in [1.807, 2.05) is 30.3 Å². The highest BCUT2D eigenvalue weighted by Gasteiger charge is 2.10. The molecule has 0 amide bonds. The van der Waals surface area contributed by atoms with Crippen molar-refractivity contribution in [2.75, 3.05) is 0 Å². The van der Waals surface area contributed by atoms with Gasteiger partial charge >= 0.3 is 0 Å². The molecule has 2 rings (SSSR count). The predicted molar refractivity (Wildman–Crippen MR) is 67.2 cm³/mol. The molecule has 0 bridgehead atoms. The maximum Gasteiger partial charge on any atom is 0.174 e. The highest BCUT2D eigenvalue weighted by atomic mass is 35.5. The van der Waals surface area contributed by atoms with Gasteiger partial charge in [-0.1, -0.05) is 53.5 Å². The Hall–Kier alpha value is -1.25. The van der Waals surface area contributed by atoms with Crippen LogP contribution in [0.15, 0.2) is 42.5 Å². The summed E-state index contributed by atoms with van der Waals surface area (Å²) in [7, 11) is 0. The topological polar surface area (TPSA) is 9.23 Å². The fraction of sp³-hybridized carbons (Fsp3) is 0.0769. The molecular formula is C13H9Cl2FO. The van der Waals surface area contributed by atoms with Crippen LogP contribution in [0.2, 0.25) is 10.0 Å². The van der Waals surface area contributed by atoms with Crippen LogP contribution in [-0.4, -0.2) is 0 Å². The molecule has 0 heterocycles. The Kier molecular flexibility index (Phi) is 3.87. The van der Waals surface area contributed by atoms with Crippen LogP contribution >= 0.6 is 23.2 Å². The second-order valence-electron chi connectivity index (χ2n) is 3.47. The molecule has 0 fully saturated rings. The lowest BCUT2D eigenvalue weighted by molar-refractivity contribution is 0.290. The Labute approximate surface area is 109 Å². The first-order chi connectivity index (χ1) is 8.16. The van der Waals surface area contributed by atoms with Crippen molar-refractivity contribution in [1.29, 1.82) is 0 Å². The minimum absolute atomic E-state index is 0.0277. The van der Waals surface area contributed by atoms with E-state index in [-0.39, 0.29) is 22.4 Å². The maximum atomic E-state index is 13.5. The molecule has 0 atom stereocenters. The molecule has 0 radical (unpaired) electrons. The van der Waals surface area contributed by atoms with Gasteiger partial charge in [0.15, 0.2) is 11.6 Å². The third-order valence-electron chi connectivity index (χ3n) is 2.19. The second-order valence-corrected chi connectivity index (χ2v) is 4.32. The Bertz CT molecular complexity index is 491. The Morgan fingerprint density at radius 2 is 1.76 bits per heavy atom. The summed E-state index contributed by atoms with van der Waals surface area (Å²) in [6.07, 6.45) is 0. The highest BCUT2D eigenvalue weighted by molar-refractivity contribution is 6.35. The van der Waals surface area contributed by atoms with Crippen molar-refractivity contribution in [2.24, 2.45) is 0 Å². The maximum absolute atomic E-state index is 13.5. The third-order valence-corrected chi connectivity index (χ3v) is 2.69. The summed E-state index contributed by atoms with van der Waals surface area (Å²) in [4.78, 5) is 0. The van der Waals surface area contributed by atoms with Crippen LogP contribution in [0.25, 0.3) is 0 Å². The summed E-state index contributed by atoms with van der Waals surface area (Å²) in [5, 5.41) is 0.422. The number of ether oxygens (including phenoxy) is 1. The number of hydrogen-bond acceptors (Lipinski definition) is 1. The standard InChI is InChI=1S/C13H9Cl2FO/c14-10-6-11(15)13(12(16)7-10)17-8-9-4-2-1-3-5-9/h1-7H,8H2. The molecule has 17 heavy (non-hydrogen) atoms. The van der Waals surface area contributed by atoms with Gasteiger partial charge in [-0.3, -0.25) is 0 Å². The van der Waals surface area contributed by atoms with Crippen molar-refractivity contribution in [3.8, 4) is 5.75 Å². The number of benzene rings is 2. The zero-order valence-electron chi connectivity index (χ0n) is 8.79. The van der Waals surface area contributed by atoms with E-state index < -0.39 is 5.82 Å². The zero-order chi connectivity index (χ0) is 12.3. The molecule has 0 aliphatic heterocycles. The average molecular weight is 271 g/mol. The van der Waals surface area contributed by atoms with Gasteiger partial charge in [0, 0.05) is 5.02 Å². The SMILES string of the molecule is Fc1cc(Cl)cc(Cl)c1OCc1ccccc1. The Morgan fingerprint density at radius 1 is 1.06 bits per heavy atom. The van der Waals surface area contributed by atoms with Crippen molar-refractivity contribution in [3.63, 3.8) is 0 Å². The fourth-order valence-corrected chi connectivity index (χ4v) is 1.92. The van der Waals surface area contributed by atoms with Crippen LogP contribution in [0.4, 0.5) is 4.39 Å². The molecule has 2 aromatic carbocycles. The molecule has 0 saturated heterocycles. The van der Waals surface area contributed by atoms with Crippen LogP contribution in [0, 0.1) is 5.82 Å². The lowest BCUT2D eigenvalue weighted by Gasteiger charge is -2.09. The summed E-state index contributed by atoms with van der Waals surface area (Å²) in [5.74, 6) is -0.529. The number of hydrogen-bond donors (Lipinski definition) is 0.